The van der Waals surface area contributed by atoms with Crippen LogP contribution in [0.2, 0.25) is 0 Å². The number of amides is 1. The van der Waals surface area contributed by atoms with Crippen molar-refractivity contribution in [2.45, 2.75) is 83.5 Å². The Morgan fingerprint density at radius 3 is 2.58 bits per heavy atom. The molecule has 24 heavy (non-hydrogen) atoms. The first kappa shape index (κ1) is 17.7. The molecule has 5 nitrogen and oxygen atoms in total. The summed E-state index contributed by atoms with van der Waals surface area (Å²) in [4.78, 5) is 19.0. The van der Waals surface area contributed by atoms with Crippen molar-refractivity contribution in [3.63, 3.8) is 0 Å². The van der Waals surface area contributed by atoms with Gasteiger partial charge in [0.15, 0.2) is 0 Å². The molecule has 2 aliphatic rings. The van der Waals surface area contributed by atoms with E-state index in [2.05, 4.69) is 15.7 Å². The molecule has 0 saturated carbocycles. The maximum absolute atomic E-state index is 12.5. The van der Waals surface area contributed by atoms with Crippen LogP contribution in [0.3, 0.4) is 0 Å². The van der Waals surface area contributed by atoms with Crippen molar-refractivity contribution < 1.29 is 9.53 Å². The normalized spacial score (nSPS) is 26.7. The van der Waals surface area contributed by atoms with Gasteiger partial charge in [-0.05, 0) is 53.4 Å². The first-order valence-corrected chi connectivity index (χ1v) is 9.85. The summed E-state index contributed by atoms with van der Waals surface area (Å²) < 4.78 is 5.59. The first-order valence-electron chi connectivity index (χ1n) is 8.97. The number of nitrogens with one attached hydrogen (secondary N) is 1. The van der Waals surface area contributed by atoms with E-state index < -0.39 is 5.60 Å². The van der Waals surface area contributed by atoms with E-state index in [1.165, 1.54) is 5.69 Å². The van der Waals surface area contributed by atoms with Crippen LogP contribution in [0.5, 0.6) is 0 Å². The average Bonchev–Trinajstić information content (AvgIpc) is 2.99. The van der Waals surface area contributed by atoms with Gasteiger partial charge in [-0.3, -0.25) is 0 Å². The summed E-state index contributed by atoms with van der Waals surface area (Å²) in [7, 11) is 0. The molecule has 2 saturated heterocycles. The lowest BCUT2D eigenvalue weighted by atomic mass is 9.97. The van der Waals surface area contributed by atoms with E-state index in [0.717, 1.165) is 43.7 Å². The van der Waals surface area contributed by atoms with Crippen molar-refractivity contribution in [2.24, 2.45) is 0 Å². The molecule has 2 atom stereocenters. The number of hydrogen-bond donors (Lipinski definition) is 1. The fourth-order valence-electron chi connectivity index (χ4n) is 3.88. The number of carbonyl (C=O) groups excluding carboxylic acids is 1. The summed E-state index contributed by atoms with van der Waals surface area (Å²) in [5.41, 5.74) is 0.760. The molecule has 0 radical (unpaired) electrons. The first-order chi connectivity index (χ1) is 11.3. The Balaban J connectivity index is 1.49. The van der Waals surface area contributed by atoms with Gasteiger partial charge in [0.25, 0.3) is 0 Å². The number of fused-ring (bicyclic) bond motifs is 2. The highest BCUT2D eigenvalue weighted by Gasteiger charge is 2.44. The molecule has 0 aliphatic carbocycles. The minimum Gasteiger partial charge on any atom is -0.444 e. The van der Waals surface area contributed by atoms with Crippen molar-refractivity contribution in [1.29, 1.82) is 0 Å². The van der Waals surface area contributed by atoms with Gasteiger partial charge in [0.05, 0.1) is 10.7 Å². The van der Waals surface area contributed by atoms with Gasteiger partial charge in [-0.15, -0.1) is 11.3 Å². The summed E-state index contributed by atoms with van der Waals surface area (Å²) in [6.07, 6.45) is 5.12. The predicted octanol–water partition coefficient (Wildman–Crippen LogP) is 3.51. The van der Waals surface area contributed by atoms with Crippen LogP contribution in [0, 0.1) is 6.92 Å². The highest BCUT2D eigenvalue weighted by Crippen LogP contribution is 2.36. The molecule has 0 spiro atoms. The zero-order valence-corrected chi connectivity index (χ0v) is 16.0. The SMILES string of the molecule is Cc1nc(CCNC2CC3CCC(C2)N3C(=O)OC(C)(C)C)cs1. The molecule has 2 fully saturated rings. The van der Waals surface area contributed by atoms with Crippen molar-refractivity contribution in [2.75, 3.05) is 6.54 Å². The monoisotopic (exact) mass is 351 g/mol. The van der Waals surface area contributed by atoms with Crippen LogP contribution in [0.4, 0.5) is 4.79 Å². The summed E-state index contributed by atoms with van der Waals surface area (Å²) in [6.45, 7) is 8.80. The van der Waals surface area contributed by atoms with Crippen molar-refractivity contribution in [1.82, 2.24) is 15.2 Å². The average molecular weight is 352 g/mol. The molecule has 3 rings (SSSR count). The van der Waals surface area contributed by atoms with Crippen LogP contribution >= 0.6 is 11.3 Å². The molecule has 1 aromatic heterocycles. The molecule has 0 aromatic carbocycles. The van der Waals surface area contributed by atoms with E-state index >= 15 is 0 Å². The van der Waals surface area contributed by atoms with Crippen LogP contribution in [0.1, 0.15) is 57.2 Å². The lowest BCUT2D eigenvalue weighted by Crippen LogP contribution is -2.52. The number of aromatic nitrogens is 1. The summed E-state index contributed by atoms with van der Waals surface area (Å²) in [5.74, 6) is 0. The van der Waals surface area contributed by atoms with E-state index in [0.29, 0.717) is 18.1 Å². The van der Waals surface area contributed by atoms with E-state index in [4.69, 9.17) is 4.74 Å². The quantitative estimate of drug-likeness (QED) is 0.902. The molecular weight excluding hydrogens is 322 g/mol. The van der Waals surface area contributed by atoms with E-state index in [1.807, 2.05) is 32.6 Å². The second-order valence-corrected chi connectivity index (χ2v) is 9.07. The fourth-order valence-corrected chi connectivity index (χ4v) is 4.53. The molecule has 3 heterocycles. The lowest BCUT2D eigenvalue weighted by molar-refractivity contribution is 0.00477. The number of piperidine rings is 1. The molecule has 1 aromatic rings. The summed E-state index contributed by atoms with van der Waals surface area (Å²) in [6, 6.07) is 1.16. The highest BCUT2D eigenvalue weighted by atomic mass is 32.1. The van der Waals surface area contributed by atoms with Crippen LogP contribution in [0.15, 0.2) is 5.38 Å². The minimum absolute atomic E-state index is 0.133. The lowest BCUT2D eigenvalue weighted by Gasteiger charge is -2.39. The van der Waals surface area contributed by atoms with Gasteiger partial charge in [-0.1, -0.05) is 0 Å². The van der Waals surface area contributed by atoms with Gasteiger partial charge in [0.1, 0.15) is 5.60 Å². The van der Waals surface area contributed by atoms with Crippen LogP contribution in [0.25, 0.3) is 0 Å². The van der Waals surface area contributed by atoms with Gasteiger partial charge >= 0.3 is 6.09 Å². The zero-order valence-electron chi connectivity index (χ0n) is 15.2. The van der Waals surface area contributed by atoms with Crippen LogP contribution in [-0.2, 0) is 11.2 Å². The van der Waals surface area contributed by atoms with Crippen LogP contribution in [-0.4, -0.2) is 46.2 Å². The number of nitrogens with zero attached hydrogens (tertiary/aromatic N) is 2. The number of carbonyl (C=O) groups is 1. The number of hydrogen-bond acceptors (Lipinski definition) is 5. The summed E-state index contributed by atoms with van der Waals surface area (Å²) >= 11 is 1.71. The second kappa shape index (κ2) is 7.00. The van der Waals surface area contributed by atoms with Gasteiger partial charge in [-0.2, -0.15) is 0 Å². The smallest absolute Gasteiger partial charge is 0.410 e. The maximum Gasteiger partial charge on any atom is 0.410 e. The Bertz CT molecular complexity index is 567. The van der Waals surface area contributed by atoms with Crippen molar-refractivity contribution in [3.05, 3.63) is 16.1 Å². The largest absolute Gasteiger partial charge is 0.444 e. The van der Waals surface area contributed by atoms with Crippen molar-refractivity contribution in [3.8, 4) is 0 Å². The molecule has 2 aliphatic heterocycles. The van der Waals surface area contributed by atoms with E-state index in [-0.39, 0.29) is 6.09 Å². The van der Waals surface area contributed by atoms with E-state index in [1.54, 1.807) is 11.3 Å². The predicted molar refractivity (Wildman–Crippen MR) is 96.5 cm³/mol. The number of thiazole rings is 1. The third kappa shape index (κ3) is 4.28. The molecule has 6 heteroatoms. The maximum atomic E-state index is 12.5. The van der Waals surface area contributed by atoms with E-state index in [9.17, 15) is 4.79 Å². The minimum atomic E-state index is -0.419. The Hall–Kier alpha value is -1.14. The molecule has 134 valence electrons. The number of ether oxygens (including phenoxy) is 1. The Morgan fingerprint density at radius 2 is 2.04 bits per heavy atom. The molecule has 1 N–H and O–H groups in total. The van der Waals surface area contributed by atoms with Crippen molar-refractivity contribution >= 4 is 17.4 Å². The zero-order chi connectivity index (χ0) is 17.3. The fraction of sp³-hybridized carbons (Fsp3) is 0.778. The number of aryl methyl sites for hydroxylation is 1. The standard InChI is InChI=1S/C18H29N3O2S/c1-12-20-13(11-24-12)7-8-19-14-9-15-5-6-16(10-14)21(15)17(22)23-18(2,3)4/h11,14-16,19H,5-10H2,1-4H3. The molecule has 2 unspecified atom stereocenters. The third-order valence-corrected chi connectivity index (χ3v) is 5.64. The van der Waals surface area contributed by atoms with Gasteiger partial charge in [0, 0.05) is 36.5 Å². The van der Waals surface area contributed by atoms with Crippen LogP contribution < -0.4 is 5.32 Å². The van der Waals surface area contributed by atoms with Gasteiger partial charge < -0.3 is 15.0 Å². The van der Waals surface area contributed by atoms with Gasteiger partial charge in [0.2, 0.25) is 0 Å². The number of rotatable bonds is 4. The summed E-state index contributed by atoms with van der Waals surface area (Å²) in [5, 5.41) is 6.95. The highest BCUT2D eigenvalue weighted by molar-refractivity contribution is 7.09. The Morgan fingerprint density at radius 1 is 1.38 bits per heavy atom. The molecule has 2 bridgehead atoms. The second-order valence-electron chi connectivity index (χ2n) is 8.00. The van der Waals surface area contributed by atoms with Gasteiger partial charge in [-0.25, -0.2) is 9.78 Å². The molecule has 1 amide bonds. The third-order valence-electron chi connectivity index (χ3n) is 4.82. The Kier molecular flexibility index (Phi) is 5.16. The topological polar surface area (TPSA) is 54.5 Å². The molecular formula is C18H29N3O2S. The Labute approximate surface area is 148 Å².